The number of nitro benzene ring substituents is 1. The van der Waals surface area contributed by atoms with E-state index in [-0.39, 0.29) is 24.2 Å². The van der Waals surface area contributed by atoms with Crippen molar-refractivity contribution in [1.82, 2.24) is 10.6 Å². The van der Waals surface area contributed by atoms with E-state index in [2.05, 4.69) is 10.6 Å². The van der Waals surface area contributed by atoms with Crippen LogP contribution in [-0.2, 0) is 11.3 Å². The molecular formula is C12H16ClN3O3. The van der Waals surface area contributed by atoms with Crippen LogP contribution >= 0.6 is 11.6 Å². The number of non-ortho nitro benzene ring substituents is 1. The summed E-state index contributed by atoms with van der Waals surface area (Å²) in [4.78, 5) is 21.6. The lowest BCUT2D eigenvalue weighted by Crippen LogP contribution is -2.37. The van der Waals surface area contributed by atoms with Crippen LogP contribution in [-0.4, -0.2) is 23.4 Å². The number of halogens is 1. The fourth-order valence-corrected chi connectivity index (χ4v) is 1.68. The molecule has 0 aliphatic rings. The minimum atomic E-state index is -0.481. The third kappa shape index (κ3) is 5.23. The Labute approximate surface area is 116 Å². The molecule has 0 aliphatic heterocycles. The molecular weight excluding hydrogens is 270 g/mol. The second kappa shape index (κ2) is 7.06. The number of benzene rings is 1. The molecule has 0 atom stereocenters. The van der Waals surface area contributed by atoms with Crippen LogP contribution < -0.4 is 10.6 Å². The van der Waals surface area contributed by atoms with Gasteiger partial charge in [0.15, 0.2) is 0 Å². The summed E-state index contributed by atoms with van der Waals surface area (Å²) in [5.41, 5.74) is 0.570. The number of nitrogens with one attached hydrogen (secondary N) is 2. The molecule has 0 unspecified atom stereocenters. The Kier molecular flexibility index (Phi) is 5.72. The van der Waals surface area contributed by atoms with Gasteiger partial charge in [-0.2, -0.15) is 0 Å². The standard InChI is InChI=1S/C12H16ClN3O3/c1-8(2)15-12(17)7-14-6-9-5-10(16(18)19)3-4-11(9)13/h3-5,8,14H,6-7H2,1-2H3,(H,15,17). The minimum Gasteiger partial charge on any atom is -0.353 e. The van der Waals surface area contributed by atoms with Gasteiger partial charge in [0.25, 0.3) is 5.69 Å². The Morgan fingerprint density at radius 3 is 2.74 bits per heavy atom. The number of nitro groups is 1. The molecule has 0 aromatic heterocycles. The van der Waals surface area contributed by atoms with E-state index >= 15 is 0 Å². The average molecular weight is 286 g/mol. The van der Waals surface area contributed by atoms with E-state index in [1.54, 1.807) is 0 Å². The van der Waals surface area contributed by atoms with Gasteiger partial charge in [-0.25, -0.2) is 0 Å². The van der Waals surface area contributed by atoms with Gasteiger partial charge >= 0.3 is 0 Å². The van der Waals surface area contributed by atoms with Crippen LogP contribution in [0.1, 0.15) is 19.4 Å². The third-order valence-electron chi connectivity index (χ3n) is 2.29. The summed E-state index contributed by atoms with van der Waals surface area (Å²) in [6.45, 7) is 4.17. The summed E-state index contributed by atoms with van der Waals surface area (Å²) >= 11 is 5.94. The Morgan fingerprint density at radius 2 is 2.16 bits per heavy atom. The van der Waals surface area contributed by atoms with Gasteiger partial charge < -0.3 is 10.6 Å². The van der Waals surface area contributed by atoms with E-state index < -0.39 is 4.92 Å². The molecule has 0 bridgehead atoms. The zero-order chi connectivity index (χ0) is 14.4. The Bertz CT molecular complexity index is 477. The van der Waals surface area contributed by atoms with Crippen molar-refractivity contribution in [2.45, 2.75) is 26.4 Å². The minimum absolute atomic E-state index is 0.0205. The Morgan fingerprint density at radius 1 is 1.47 bits per heavy atom. The second-order valence-electron chi connectivity index (χ2n) is 4.36. The van der Waals surface area contributed by atoms with Crippen molar-refractivity contribution in [1.29, 1.82) is 0 Å². The molecule has 19 heavy (non-hydrogen) atoms. The van der Waals surface area contributed by atoms with Crippen molar-refractivity contribution in [2.75, 3.05) is 6.54 Å². The molecule has 1 amide bonds. The second-order valence-corrected chi connectivity index (χ2v) is 4.77. The first kappa shape index (κ1) is 15.4. The highest BCUT2D eigenvalue weighted by molar-refractivity contribution is 6.31. The monoisotopic (exact) mass is 285 g/mol. The summed E-state index contributed by atoms with van der Waals surface area (Å²) in [6.07, 6.45) is 0. The van der Waals surface area contributed by atoms with E-state index in [0.29, 0.717) is 17.1 Å². The van der Waals surface area contributed by atoms with Crippen molar-refractivity contribution >= 4 is 23.2 Å². The normalized spacial score (nSPS) is 10.5. The summed E-state index contributed by atoms with van der Waals surface area (Å²) in [5, 5.41) is 16.7. The van der Waals surface area contributed by atoms with Crippen LogP contribution in [0.3, 0.4) is 0 Å². The van der Waals surface area contributed by atoms with Crippen molar-refractivity contribution in [3.8, 4) is 0 Å². The van der Waals surface area contributed by atoms with Gasteiger partial charge in [-0.1, -0.05) is 11.6 Å². The first-order valence-corrected chi connectivity index (χ1v) is 6.21. The summed E-state index contributed by atoms with van der Waals surface area (Å²) in [6, 6.07) is 4.30. The summed E-state index contributed by atoms with van der Waals surface area (Å²) in [7, 11) is 0. The van der Waals surface area contributed by atoms with E-state index in [1.807, 2.05) is 13.8 Å². The third-order valence-corrected chi connectivity index (χ3v) is 2.66. The highest BCUT2D eigenvalue weighted by Gasteiger charge is 2.10. The van der Waals surface area contributed by atoms with Gasteiger partial charge in [0.05, 0.1) is 11.5 Å². The van der Waals surface area contributed by atoms with Crippen molar-refractivity contribution < 1.29 is 9.72 Å². The molecule has 6 nitrogen and oxygen atoms in total. The lowest BCUT2D eigenvalue weighted by molar-refractivity contribution is -0.384. The van der Waals surface area contributed by atoms with Crippen LogP contribution in [0.5, 0.6) is 0 Å². The van der Waals surface area contributed by atoms with Crippen LogP contribution in [0.4, 0.5) is 5.69 Å². The lowest BCUT2D eigenvalue weighted by atomic mass is 10.2. The summed E-state index contributed by atoms with van der Waals surface area (Å²) in [5.74, 6) is -0.128. The SMILES string of the molecule is CC(C)NC(=O)CNCc1cc([N+](=O)[O-])ccc1Cl. The Hall–Kier alpha value is -1.66. The quantitative estimate of drug-likeness (QED) is 0.617. The highest BCUT2D eigenvalue weighted by atomic mass is 35.5. The maximum Gasteiger partial charge on any atom is 0.269 e. The Balaban J connectivity index is 2.55. The molecule has 1 aromatic rings. The molecule has 0 spiro atoms. The van der Waals surface area contributed by atoms with Gasteiger partial charge in [-0.05, 0) is 25.5 Å². The number of carbonyl (C=O) groups excluding carboxylic acids is 1. The number of rotatable bonds is 6. The molecule has 1 aromatic carbocycles. The largest absolute Gasteiger partial charge is 0.353 e. The van der Waals surface area contributed by atoms with Crippen LogP contribution in [0.2, 0.25) is 5.02 Å². The predicted octanol–water partition coefficient (Wildman–Crippen LogP) is 1.86. The van der Waals surface area contributed by atoms with E-state index in [0.717, 1.165) is 0 Å². The van der Waals surface area contributed by atoms with Crippen molar-refractivity contribution in [3.63, 3.8) is 0 Å². The summed E-state index contributed by atoms with van der Waals surface area (Å²) < 4.78 is 0. The number of amides is 1. The molecule has 0 aliphatic carbocycles. The lowest BCUT2D eigenvalue weighted by Gasteiger charge is -2.09. The molecule has 2 N–H and O–H groups in total. The average Bonchev–Trinajstić information content (AvgIpc) is 2.30. The molecule has 0 saturated heterocycles. The zero-order valence-corrected chi connectivity index (χ0v) is 11.5. The van der Waals surface area contributed by atoms with Gasteiger partial charge in [-0.15, -0.1) is 0 Å². The van der Waals surface area contributed by atoms with Crippen LogP contribution in [0.25, 0.3) is 0 Å². The van der Waals surface area contributed by atoms with E-state index in [1.165, 1.54) is 18.2 Å². The van der Waals surface area contributed by atoms with Gasteiger partial charge in [-0.3, -0.25) is 14.9 Å². The van der Waals surface area contributed by atoms with E-state index in [9.17, 15) is 14.9 Å². The van der Waals surface area contributed by atoms with Crippen molar-refractivity contribution in [3.05, 3.63) is 38.9 Å². The van der Waals surface area contributed by atoms with Crippen LogP contribution in [0.15, 0.2) is 18.2 Å². The number of hydrogen-bond acceptors (Lipinski definition) is 4. The maximum atomic E-state index is 11.4. The van der Waals surface area contributed by atoms with E-state index in [4.69, 9.17) is 11.6 Å². The molecule has 104 valence electrons. The van der Waals surface area contributed by atoms with Crippen LogP contribution in [0, 0.1) is 10.1 Å². The molecule has 1 rings (SSSR count). The number of nitrogens with zero attached hydrogens (tertiary/aromatic N) is 1. The fourth-order valence-electron chi connectivity index (χ4n) is 1.49. The van der Waals surface area contributed by atoms with Crippen molar-refractivity contribution in [2.24, 2.45) is 0 Å². The molecule has 7 heteroatoms. The van der Waals surface area contributed by atoms with Gasteiger partial charge in [0.1, 0.15) is 0 Å². The first-order valence-electron chi connectivity index (χ1n) is 5.83. The molecule has 0 heterocycles. The topological polar surface area (TPSA) is 84.3 Å². The van der Waals surface area contributed by atoms with Gasteiger partial charge in [0.2, 0.25) is 5.91 Å². The number of carbonyl (C=O) groups is 1. The number of hydrogen-bond donors (Lipinski definition) is 2. The van der Waals surface area contributed by atoms with Gasteiger partial charge in [0, 0.05) is 29.7 Å². The fraction of sp³-hybridized carbons (Fsp3) is 0.417. The highest BCUT2D eigenvalue weighted by Crippen LogP contribution is 2.21. The first-order chi connectivity index (χ1) is 8.90. The zero-order valence-electron chi connectivity index (χ0n) is 10.8. The smallest absolute Gasteiger partial charge is 0.269 e. The molecule has 0 saturated carbocycles. The molecule has 0 fully saturated rings. The predicted molar refractivity (Wildman–Crippen MR) is 73.1 cm³/mol. The maximum absolute atomic E-state index is 11.4. The molecule has 0 radical (unpaired) electrons.